The Morgan fingerprint density at radius 1 is 0.923 bits per heavy atom. The fourth-order valence-electron chi connectivity index (χ4n) is 2.45. The highest BCUT2D eigenvalue weighted by Crippen LogP contribution is 2.07. The van der Waals surface area contributed by atoms with E-state index in [1.807, 2.05) is 13.8 Å². The number of nitrogens with one attached hydrogen (secondary N) is 2. The maximum absolute atomic E-state index is 13.0. The van der Waals surface area contributed by atoms with Crippen LogP contribution in [0.1, 0.15) is 29.8 Å². The first-order chi connectivity index (χ1) is 12.4. The van der Waals surface area contributed by atoms with Crippen molar-refractivity contribution in [1.29, 1.82) is 0 Å². The first-order valence-electron chi connectivity index (χ1n) is 8.45. The second-order valence-electron chi connectivity index (χ2n) is 6.37. The van der Waals surface area contributed by atoms with Crippen LogP contribution in [0.15, 0.2) is 48.5 Å². The van der Waals surface area contributed by atoms with Gasteiger partial charge < -0.3 is 10.6 Å². The van der Waals surface area contributed by atoms with E-state index in [2.05, 4.69) is 10.6 Å². The molecule has 2 amide bonds. The highest BCUT2D eigenvalue weighted by atomic mass is 19.1. The Morgan fingerprint density at radius 3 is 2.00 bits per heavy atom. The van der Waals surface area contributed by atoms with Gasteiger partial charge in [-0.2, -0.15) is 0 Å². The molecule has 0 aliphatic rings. The Labute approximate surface area is 151 Å². The van der Waals surface area contributed by atoms with E-state index in [9.17, 15) is 18.4 Å². The van der Waals surface area contributed by atoms with Crippen molar-refractivity contribution in [1.82, 2.24) is 10.6 Å². The van der Waals surface area contributed by atoms with Gasteiger partial charge in [0.1, 0.15) is 17.7 Å². The number of halogens is 2. The van der Waals surface area contributed by atoms with Gasteiger partial charge in [-0.05, 0) is 54.3 Å². The molecule has 2 rings (SSSR count). The number of rotatable bonds is 7. The van der Waals surface area contributed by atoms with E-state index in [0.29, 0.717) is 13.0 Å². The SMILES string of the molecule is CC(C)C(NC(=O)c1ccc(F)cc1)C(=O)NCCc1ccc(F)cc1. The van der Waals surface area contributed by atoms with Crippen molar-refractivity contribution in [3.63, 3.8) is 0 Å². The average Bonchev–Trinajstić information content (AvgIpc) is 2.61. The number of amides is 2. The van der Waals surface area contributed by atoms with Crippen molar-refractivity contribution in [3.05, 3.63) is 71.3 Å². The summed E-state index contributed by atoms with van der Waals surface area (Å²) >= 11 is 0. The van der Waals surface area contributed by atoms with E-state index in [4.69, 9.17) is 0 Å². The Kier molecular flexibility index (Phi) is 6.83. The summed E-state index contributed by atoms with van der Waals surface area (Å²) < 4.78 is 25.8. The fraction of sp³-hybridized carbons (Fsp3) is 0.300. The van der Waals surface area contributed by atoms with Crippen LogP contribution >= 0.6 is 0 Å². The first-order valence-corrected chi connectivity index (χ1v) is 8.45. The summed E-state index contributed by atoms with van der Waals surface area (Å²) in [6.07, 6.45) is 0.558. The van der Waals surface area contributed by atoms with Crippen LogP contribution in [0.4, 0.5) is 8.78 Å². The summed E-state index contributed by atoms with van der Waals surface area (Å²) in [7, 11) is 0. The van der Waals surface area contributed by atoms with Gasteiger partial charge >= 0.3 is 0 Å². The van der Waals surface area contributed by atoms with Gasteiger partial charge in [-0.15, -0.1) is 0 Å². The third kappa shape index (κ3) is 5.65. The highest BCUT2D eigenvalue weighted by Gasteiger charge is 2.24. The monoisotopic (exact) mass is 360 g/mol. The van der Waals surface area contributed by atoms with Gasteiger partial charge in [0.2, 0.25) is 5.91 Å². The van der Waals surface area contributed by atoms with Crippen LogP contribution < -0.4 is 10.6 Å². The lowest BCUT2D eigenvalue weighted by Gasteiger charge is -2.21. The second-order valence-corrected chi connectivity index (χ2v) is 6.37. The lowest BCUT2D eigenvalue weighted by molar-refractivity contribution is -0.123. The Morgan fingerprint density at radius 2 is 1.46 bits per heavy atom. The third-order valence-corrected chi connectivity index (χ3v) is 3.97. The van der Waals surface area contributed by atoms with Crippen LogP contribution in [0.2, 0.25) is 0 Å². The van der Waals surface area contributed by atoms with Crippen LogP contribution in [0.3, 0.4) is 0 Å². The van der Waals surface area contributed by atoms with Crippen molar-refractivity contribution in [2.45, 2.75) is 26.3 Å². The zero-order valence-corrected chi connectivity index (χ0v) is 14.8. The van der Waals surface area contributed by atoms with Gasteiger partial charge in [0, 0.05) is 12.1 Å². The van der Waals surface area contributed by atoms with E-state index in [-0.39, 0.29) is 23.2 Å². The van der Waals surface area contributed by atoms with Crippen LogP contribution in [-0.4, -0.2) is 24.4 Å². The minimum absolute atomic E-state index is 0.120. The molecule has 0 heterocycles. The topological polar surface area (TPSA) is 58.2 Å². The molecule has 0 saturated carbocycles. The standard InChI is InChI=1S/C20H22F2N2O2/c1-13(2)18(24-19(25)15-5-9-17(22)10-6-15)20(26)23-12-11-14-3-7-16(21)8-4-14/h3-10,13,18H,11-12H2,1-2H3,(H,23,26)(H,24,25). The number of benzene rings is 2. The maximum Gasteiger partial charge on any atom is 0.251 e. The van der Waals surface area contributed by atoms with Gasteiger partial charge in [-0.1, -0.05) is 26.0 Å². The first kappa shape index (κ1) is 19.6. The van der Waals surface area contributed by atoms with E-state index in [1.165, 1.54) is 36.4 Å². The molecular formula is C20H22F2N2O2. The van der Waals surface area contributed by atoms with Gasteiger partial charge in [-0.3, -0.25) is 9.59 Å². The molecule has 6 heteroatoms. The van der Waals surface area contributed by atoms with Crippen molar-refractivity contribution < 1.29 is 18.4 Å². The summed E-state index contributed by atoms with van der Waals surface area (Å²) in [5, 5.41) is 5.47. The van der Waals surface area contributed by atoms with Crippen molar-refractivity contribution in [3.8, 4) is 0 Å². The number of carbonyl (C=O) groups excluding carboxylic acids is 2. The summed E-state index contributed by atoms with van der Waals surface area (Å²) in [5.41, 5.74) is 1.19. The summed E-state index contributed by atoms with van der Waals surface area (Å²) in [6.45, 7) is 4.03. The zero-order chi connectivity index (χ0) is 19.1. The zero-order valence-electron chi connectivity index (χ0n) is 14.8. The largest absolute Gasteiger partial charge is 0.354 e. The Balaban J connectivity index is 1.90. The second kappa shape index (κ2) is 9.08. The van der Waals surface area contributed by atoms with Crippen molar-refractivity contribution in [2.75, 3.05) is 6.54 Å². The molecule has 4 nitrogen and oxygen atoms in total. The van der Waals surface area contributed by atoms with Crippen LogP contribution in [0, 0.1) is 17.6 Å². The lowest BCUT2D eigenvalue weighted by atomic mass is 10.0. The van der Waals surface area contributed by atoms with E-state index < -0.39 is 17.8 Å². The number of hydrogen-bond acceptors (Lipinski definition) is 2. The predicted molar refractivity (Wildman–Crippen MR) is 95.6 cm³/mol. The van der Waals surface area contributed by atoms with Gasteiger partial charge in [0.05, 0.1) is 0 Å². The van der Waals surface area contributed by atoms with Crippen LogP contribution in [-0.2, 0) is 11.2 Å². The van der Waals surface area contributed by atoms with Gasteiger partial charge in [0.15, 0.2) is 0 Å². The molecule has 0 spiro atoms. The third-order valence-electron chi connectivity index (χ3n) is 3.97. The van der Waals surface area contributed by atoms with E-state index in [1.54, 1.807) is 12.1 Å². The Hall–Kier alpha value is -2.76. The molecule has 26 heavy (non-hydrogen) atoms. The molecule has 1 atom stereocenters. The predicted octanol–water partition coefficient (Wildman–Crippen LogP) is 3.08. The average molecular weight is 360 g/mol. The maximum atomic E-state index is 13.0. The number of hydrogen-bond donors (Lipinski definition) is 2. The molecule has 0 saturated heterocycles. The summed E-state index contributed by atoms with van der Waals surface area (Å²) in [5.74, 6) is -1.58. The van der Waals surface area contributed by atoms with E-state index in [0.717, 1.165) is 5.56 Å². The summed E-state index contributed by atoms with van der Waals surface area (Å²) in [6, 6.07) is 10.5. The van der Waals surface area contributed by atoms with Crippen molar-refractivity contribution in [2.24, 2.45) is 5.92 Å². The molecule has 2 aromatic rings. The minimum Gasteiger partial charge on any atom is -0.354 e. The number of carbonyl (C=O) groups is 2. The molecular weight excluding hydrogens is 338 g/mol. The van der Waals surface area contributed by atoms with Gasteiger partial charge in [-0.25, -0.2) is 8.78 Å². The quantitative estimate of drug-likeness (QED) is 0.797. The van der Waals surface area contributed by atoms with E-state index >= 15 is 0 Å². The smallest absolute Gasteiger partial charge is 0.251 e. The Bertz CT molecular complexity index is 743. The molecule has 2 aromatic carbocycles. The lowest BCUT2D eigenvalue weighted by Crippen LogP contribution is -2.50. The molecule has 0 fully saturated rings. The van der Waals surface area contributed by atoms with Gasteiger partial charge in [0.25, 0.3) is 5.91 Å². The molecule has 0 aliphatic carbocycles. The molecule has 0 aliphatic heterocycles. The normalized spacial score (nSPS) is 11.9. The van der Waals surface area contributed by atoms with Crippen LogP contribution in [0.25, 0.3) is 0 Å². The molecule has 0 bridgehead atoms. The van der Waals surface area contributed by atoms with Crippen molar-refractivity contribution >= 4 is 11.8 Å². The molecule has 0 aromatic heterocycles. The molecule has 138 valence electrons. The minimum atomic E-state index is -0.708. The summed E-state index contributed by atoms with van der Waals surface area (Å²) in [4.78, 5) is 24.7. The highest BCUT2D eigenvalue weighted by molar-refractivity contribution is 5.97. The fourth-order valence-corrected chi connectivity index (χ4v) is 2.45. The van der Waals surface area contributed by atoms with Crippen LogP contribution in [0.5, 0.6) is 0 Å². The molecule has 1 unspecified atom stereocenters. The molecule has 0 radical (unpaired) electrons. The molecule has 2 N–H and O–H groups in total.